The number of hydrogen-bond donors (Lipinski definition) is 0. The van der Waals surface area contributed by atoms with Gasteiger partial charge in [-0.2, -0.15) is 0 Å². The Bertz CT molecular complexity index is 644. The van der Waals surface area contributed by atoms with Crippen LogP contribution in [0.15, 0.2) is 42.7 Å². The Balaban J connectivity index is 2.64. The van der Waals surface area contributed by atoms with E-state index in [2.05, 4.69) is 35.1 Å². The Kier molecular flexibility index (Phi) is 1.68. The number of hydrogen-bond acceptors (Lipinski definition) is 2. The van der Waals surface area contributed by atoms with Crippen molar-refractivity contribution in [2.75, 3.05) is 0 Å². The van der Waals surface area contributed by atoms with E-state index in [0.29, 0.717) is 0 Å². The van der Waals surface area contributed by atoms with Gasteiger partial charge in [0.05, 0.1) is 11.0 Å². The first kappa shape index (κ1) is 8.36. The summed E-state index contributed by atoms with van der Waals surface area (Å²) in [7, 11) is 0. The number of aromatic nitrogens is 2. The molecule has 0 amide bonds. The van der Waals surface area contributed by atoms with Gasteiger partial charge in [-0.1, -0.05) is 6.07 Å². The highest BCUT2D eigenvalue weighted by molar-refractivity contribution is 6.04. The Morgan fingerprint density at radius 2 is 1.67 bits per heavy atom. The molecule has 0 bridgehead atoms. The number of fused-ring (bicyclic) bond motifs is 3. The van der Waals surface area contributed by atoms with Gasteiger partial charge < -0.3 is 0 Å². The van der Waals surface area contributed by atoms with Crippen LogP contribution in [0.1, 0.15) is 5.56 Å². The van der Waals surface area contributed by atoms with Crippen LogP contribution >= 0.6 is 0 Å². The lowest BCUT2D eigenvalue weighted by Gasteiger charge is -2.04. The largest absolute Gasteiger partial charge is 0.256 e. The molecule has 0 saturated heterocycles. The maximum absolute atomic E-state index is 4.43. The van der Waals surface area contributed by atoms with Crippen LogP contribution in [0.3, 0.4) is 0 Å². The van der Waals surface area contributed by atoms with Crippen LogP contribution in [0.2, 0.25) is 0 Å². The Hall–Kier alpha value is -1.96. The van der Waals surface area contributed by atoms with Crippen LogP contribution in [0.5, 0.6) is 0 Å². The van der Waals surface area contributed by atoms with Crippen LogP contribution in [0.4, 0.5) is 0 Å². The van der Waals surface area contributed by atoms with Crippen molar-refractivity contribution in [3.8, 4) is 0 Å². The second-order valence-electron chi connectivity index (χ2n) is 3.66. The molecule has 0 radical (unpaired) electrons. The van der Waals surface area contributed by atoms with E-state index >= 15 is 0 Å². The van der Waals surface area contributed by atoms with E-state index in [9.17, 15) is 0 Å². The molecule has 0 atom stereocenters. The molecular formula is C13H10N2. The van der Waals surface area contributed by atoms with Crippen LogP contribution in [0, 0.1) is 6.92 Å². The summed E-state index contributed by atoms with van der Waals surface area (Å²) in [6.45, 7) is 2.10. The van der Waals surface area contributed by atoms with Crippen LogP contribution in [-0.4, -0.2) is 9.97 Å². The molecule has 72 valence electrons. The van der Waals surface area contributed by atoms with Crippen molar-refractivity contribution in [1.29, 1.82) is 0 Å². The van der Waals surface area contributed by atoms with Gasteiger partial charge in [-0.15, -0.1) is 0 Å². The lowest BCUT2D eigenvalue weighted by atomic mass is 10.1. The second-order valence-corrected chi connectivity index (χ2v) is 3.66. The molecule has 3 rings (SSSR count). The molecule has 0 fully saturated rings. The summed E-state index contributed by atoms with van der Waals surface area (Å²) in [5.41, 5.74) is 3.28. The highest BCUT2D eigenvalue weighted by Gasteiger charge is 2.03. The second kappa shape index (κ2) is 3.02. The van der Waals surface area contributed by atoms with E-state index in [4.69, 9.17) is 0 Å². The van der Waals surface area contributed by atoms with Gasteiger partial charge in [-0.25, -0.2) is 0 Å². The Morgan fingerprint density at radius 3 is 2.53 bits per heavy atom. The molecule has 0 N–H and O–H groups in total. The molecule has 1 aromatic carbocycles. The highest BCUT2D eigenvalue weighted by atomic mass is 14.7. The molecule has 0 aliphatic heterocycles. The predicted molar refractivity (Wildman–Crippen MR) is 61.8 cm³/mol. The van der Waals surface area contributed by atoms with Gasteiger partial charge in [0.2, 0.25) is 0 Å². The molecule has 2 heteroatoms. The van der Waals surface area contributed by atoms with Crippen molar-refractivity contribution in [3.63, 3.8) is 0 Å². The molecule has 15 heavy (non-hydrogen) atoms. The van der Waals surface area contributed by atoms with Gasteiger partial charge in [0.15, 0.2) is 0 Å². The SMILES string of the molecule is Cc1cc2ncccc2c2ncccc12. The van der Waals surface area contributed by atoms with E-state index in [0.717, 1.165) is 16.4 Å². The molecule has 0 saturated carbocycles. The molecule has 2 nitrogen and oxygen atoms in total. The van der Waals surface area contributed by atoms with Gasteiger partial charge in [0, 0.05) is 23.2 Å². The smallest absolute Gasteiger partial charge is 0.0798 e. The Labute approximate surface area is 87.6 Å². The van der Waals surface area contributed by atoms with Gasteiger partial charge in [-0.3, -0.25) is 9.97 Å². The molecule has 0 aliphatic rings. The minimum absolute atomic E-state index is 1.02. The Morgan fingerprint density at radius 1 is 0.933 bits per heavy atom. The van der Waals surface area contributed by atoms with Crippen molar-refractivity contribution in [2.24, 2.45) is 0 Å². The zero-order chi connectivity index (χ0) is 10.3. The summed E-state index contributed by atoms with van der Waals surface area (Å²) in [5.74, 6) is 0. The standard InChI is InChI=1S/C13H10N2/c1-9-8-12-11(5-3-6-14-12)13-10(9)4-2-7-15-13/h2-8H,1H3. The van der Waals surface area contributed by atoms with Crippen molar-refractivity contribution in [3.05, 3.63) is 48.3 Å². The third-order valence-corrected chi connectivity index (χ3v) is 2.68. The summed E-state index contributed by atoms with van der Waals surface area (Å²) >= 11 is 0. The molecule has 2 aromatic heterocycles. The average molecular weight is 194 g/mol. The normalized spacial score (nSPS) is 11.0. The summed E-state index contributed by atoms with van der Waals surface area (Å²) < 4.78 is 0. The average Bonchev–Trinajstić information content (AvgIpc) is 2.30. The lowest BCUT2D eigenvalue weighted by Crippen LogP contribution is -1.86. The number of pyridine rings is 2. The van der Waals surface area contributed by atoms with E-state index < -0.39 is 0 Å². The topological polar surface area (TPSA) is 25.8 Å². The first-order chi connectivity index (χ1) is 7.36. The van der Waals surface area contributed by atoms with E-state index in [-0.39, 0.29) is 0 Å². The predicted octanol–water partition coefficient (Wildman–Crippen LogP) is 3.09. The van der Waals surface area contributed by atoms with Gasteiger partial charge in [0.25, 0.3) is 0 Å². The number of benzene rings is 1. The third-order valence-electron chi connectivity index (χ3n) is 2.68. The first-order valence-corrected chi connectivity index (χ1v) is 4.95. The molecular weight excluding hydrogens is 184 g/mol. The maximum Gasteiger partial charge on any atom is 0.0798 e. The molecule has 0 spiro atoms. The lowest BCUT2D eigenvalue weighted by molar-refractivity contribution is 1.37. The zero-order valence-electron chi connectivity index (χ0n) is 8.44. The molecule has 2 heterocycles. The quantitative estimate of drug-likeness (QED) is 0.514. The van der Waals surface area contributed by atoms with E-state index in [1.165, 1.54) is 10.9 Å². The van der Waals surface area contributed by atoms with Crippen molar-refractivity contribution in [2.45, 2.75) is 6.92 Å². The first-order valence-electron chi connectivity index (χ1n) is 4.95. The van der Waals surface area contributed by atoms with Crippen LogP contribution < -0.4 is 0 Å². The number of nitrogens with zero attached hydrogens (tertiary/aromatic N) is 2. The highest BCUT2D eigenvalue weighted by Crippen LogP contribution is 2.24. The van der Waals surface area contributed by atoms with Gasteiger partial charge in [0.1, 0.15) is 0 Å². The molecule has 3 aromatic rings. The molecule has 0 aliphatic carbocycles. The van der Waals surface area contributed by atoms with Crippen LogP contribution in [-0.2, 0) is 0 Å². The maximum atomic E-state index is 4.43. The number of aryl methyl sites for hydroxylation is 1. The van der Waals surface area contributed by atoms with Gasteiger partial charge in [-0.05, 0) is 36.8 Å². The van der Waals surface area contributed by atoms with E-state index in [1.54, 1.807) is 0 Å². The zero-order valence-corrected chi connectivity index (χ0v) is 8.44. The van der Waals surface area contributed by atoms with Crippen molar-refractivity contribution in [1.82, 2.24) is 9.97 Å². The van der Waals surface area contributed by atoms with Crippen molar-refractivity contribution < 1.29 is 0 Å². The van der Waals surface area contributed by atoms with Crippen LogP contribution in [0.25, 0.3) is 21.8 Å². The summed E-state index contributed by atoms with van der Waals surface area (Å²) in [4.78, 5) is 8.78. The molecule has 0 unspecified atom stereocenters. The third kappa shape index (κ3) is 1.18. The van der Waals surface area contributed by atoms with E-state index in [1.807, 2.05) is 24.5 Å². The fourth-order valence-corrected chi connectivity index (χ4v) is 1.95. The fourth-order valence-electron chi connectivity index (χ4n) is 1.95. The number of rotatable bonds is 0. The van der Waals surface area contributed by atoms with Gasteiger partial charge >= 0.3 is 0 Å². The monoisotopic (exact) mass is 194 g/mol. The fraction of sp³-hybridized carbons (Fsp3) is 0.0769. The minimum Gasteiger partial charge on any atom is -0.256 e. The summed E-state index contributed by atoms with van der Waals surface area (Å²) in [6.07, 6.45) is 3.64. The summed E-state index contributed by atoms with van der Waals surface area (Å²) in [5, 5.41) is 2.33. The summed E-state index contributed by atoms with van der Waals surface area (Å²) in [6, 6.07) is 10.2. The minimum atomic E-state index is 1.02. The van der Waals surface area contributed by atoms with Crippen molar-refractivity contribution >= 4 is 21.8 Å².